The maximum atomic E-state index is 12.8. The molecular weight excluding hydrogens is 330 g/mol. The van der Waals surface area contributed by atoms with E-state index in [2.05, 4.69) is 17.0 Å². The molecule has 0 atom stereocenters. The van der Waals surface area contributed by atoms with Gasteiger partial charge in [0.05, 0.1) is 4.92 Å². The van der Waals surface area contributed by atoms with Gasteiger partial charge in [-0.2, -0.15) is 0 Å². The molecule has 0 spiro atoms. The summed E-state index contributed by atoms with van der Waals surface area (Å²) in [6, 6.07) is 15.0. The number of aryl methyl sites for hydroxylation is 1. The van der Waals surface area contributed by atoms with Crippen LogP contribution in [0.5, 0.6) is 0 Å². The number of hydrogen-bond acceptors (Lipinski definition) is 4. The van der Waals surface area contributed by atoms with E-state index in [-0.39, 0.29) is 11.6 Å². The maximum absolute atomic E-state index is 12.8. The lowest BCUT2D eigenvalue weighted by molar-refractivity contribution is -0.385. The van der Waals surface area contributed by atoms with Crippen molar-refractivity contribution < 1.29 is 9.72 Å². The van der Waals surface area contributed by atoms with Crippen LogP contribution in [0.15, 0.2) is 48.5 Å². The molecule has 0 aliphatic carbocycles. The number of carbonyl (C=O) groups is 1. The molecule has 1 fully saturated rings. The molecule has 0 bridgehead atoms. The van der Waals surface area contributed by atoms with Crippen molar-refractivity contribution in [3.8, 4) is 0 Å². The number of carbonyl (C=O) groups excluding carboxylic acids is 1. The first-order chi connectivity index (χ1) is 12.5. The SMILES string of the molecule is Cc1ccc(C(=O)N2CCCN(Cc3ccccc3)CC2)cc1[N+](=O)[O-]. The van der Waals surface area contributed by atoms with Crippen molar-refractivity contribution in [3.63, 3.8) is 0 Å². The average Bonchev–Trinajstić information content (AvgIpc) is 2.88. The molecule has 0 radical (unpaired) electrons. The minimum Gasteiger partial charge on any atom is -0.337 e. The highest BCUT2D eigenvalue weighted by Gasteiger charge is 2.22. The molecule has 1 aliphatic heterocycles. The Bertz CT molecular complexity index is 792. The van der Waals surface area contributed by atoms with Crippen LogP contribution < -0.4 is 0 Å². The van der Waals surface area contributed by atoms with E-state index in [9.17, 15) is 14.9 Å². The minimum absolute atomic E-state index is 0.00336. The molecule has 0 saturated carbocycles. The fourth-order valence-electron chi connectivity index (χ4n) is 3.30. The molecule has 6 heteroatoms. The van der Waals surface area contributed by atoms with E-state index in [1.807, 2.05) is 18.2 Å². The molecule has 0 aromatic heterocycles. The molecule has 2 aromatic carbocycles. The first-order valence-corrected chi connectivity index (χ1v) is 8.85. The largest absolute Gasteiger partial charge is 0.337 e. The van der Waals surface area contributed by atoms with Crippen LogP contribution in [0.3, 0.4) is 0 Å². The lowest BCUT2D eigenvalue weighted by atomic mass is 10.1. The summed E-state index contributed by atoms with van der Waals surface area (Å²) in [7, 11) is 0. The van der Waals surface area contributed by atoms with Gasteiger partial charge in [-0.1, -0.05) is 36.4 Å². The zero-order chi connectivity index (χ0) is 18.5. The first kappa shape index (κ1) is 18.1. The standard InChI is InChI=1S/C20H23N3O3/c1-16-8-9-18(14-19(16)23(25)26)20(24)22-11-5-10-21(12-13-22)15-17-6-3-2-4-7-17/h2-4,6-9,14H,5,10-13,15H2,1H3. The van der Waals surface area contributed by atoms with Crippen molar-refractivity contribution in [2.24, 2.45) is 0 Å². The van der Waals surface area contributed by atoms with E-state index in [1.54, 1.807) is 24.0 Å². The second-order valence-electron chi connectivity index (χ2n) is 6.67. The van der Waals surface area contributed by atoms with Gasteiger partial charge < -0.3 is 4.90 Å². The molecule has 1 saturated heterocycles. The molecule has 1 amide bonds. The molecule has 0 N–H and O–H groups in total. The predicted molar refractivity (Wildman–Crippen MR) is 100 cm³/mol. The first-order valence-electron chi connectivity index (χ1n) is 8.85. The summed E-state index contributed by atoms with van der Waals surface area (Å²) >= 11 is 0. The topological polar surface area (TPSA) is 66.7 Å². The Kier molecular flexibility index (Phi) is 5.63. The van der Waals surface area contributed by atoms with Crippen LogP contribution in [0, 0.1) is 17.0 Å². The molecule has 26 heavy (non-hydrogen) atoms. The van der Waals surface area contributed by atoms with E-state index in [4.69, 9.17) is 0 Å². The highest BCUT2D eigenvalue weighted by atomic mass is 16.6. The molecule has 6 nitrogen and oxygen atoms in total. The zero-order valence-corrected chi connectivity index (χ0v) is 14.9. The van der Waals surface area contributed by atoms with Crippen molar-refractivity contribution in [1.29, 1.82) is 0 Å². The third kappa shape index (κ3) is 4.26. The van der Waals surface area contributed by atoms with Crippen molar-refractivity contribution in [1.82, 2.24) is 9.80 Å². The maximum Gasteiger partial charge on any atom is 0.273 e. The summed E-state index contributed by atoms with van der Waals surface area (Å²) in [5.41, 5.74) is 2.22. The summed E-state index contributed by atoms with van der Waals surface area (Å²) in [5.74, 6) is -0.130. The average molecular weight is 353 g/mol. The van der Waals surface area contributed by atoms with Crippen LogP contribution in [0.1, 0.15) is 27.9 Å². The quantitative estimate of drug-likeness (QED) is 0.625. The van der Waals surface area contributed by atoms with Gasteiger partial charge in [0.2, 0.25) is 0 Å². The molecule has 136 valence electrons. The van der Waals surface area contributed by atoms with Crippen LogP contribution in [-0.2, 0) is 6.54 Å². The van der Waals surface area contributed by atoms with Crippen LogP contribution in [-0.4, -0.2) is 46.8 Å². The number of hydrogen-bond donors (Lipinski definition) is 0. The minimum atomic E-state index is -0.434. The van der Waals surface area contributed by atoms with Crippen LogP contribution in [0.4, 0.5) is 5.69 Å². The Balaban J connectivity index is 1.66. The third-order valence-electron chi connectivity index (χ3n) is 4.78. The smallest absolute Gasteiger partial charge is 0.273 e. The molecular formula is C20H23N3O3. The third-order valence-corrected chi connectivity index (χ3v) is 4.78. The van der Waals surface area contributed by atoms with Gasteiger partial charge in [0.25, 0.3) is 11.6 Å². The number of rotatable bonds is 4. The zero-order valence-electron chi connectivity index (χ0n) is 14.9. The summed E-state index contributed by atoms with van der Waals surface area (Å²) in [4.78, 5) is 27.6. The van der Waals surface area contributed by atoms with E-state index >= 15 is 0 Å². The number of nitro groups is 1. The van der Waals surface area contributed by atoms with Gasteiger partial charge in [-0.25, -0.2) is 0 Å². The van der Waals surface area contributed by atoms with E-state index in [0.29, 0.717) is 24.2 Å². The molecule has 3 rings (SSSR count). The van der Waals surface area contributed by atoms with E-state index < -0.39 is 4.92 Å². The second-order valence-corrected chi connectivity index (χ2v) is 6.67. The van der Waals surface area contributed by atoms with Gasteiger partial charge >= 0.3 is 0 Å². The van der Waals surface area contributed by atoms with Gasteiger partial charge in [0, 0.05) is 49.9 Å². The summed E-state index contributed by atoms with van der Waals surface area (Å²) in [6.45, 7) is 5.60. The van der Waals surface area contributed by atoms with Gasteiger partial charge in [-0.15, -0.1) is 0 Å². The van der Waals surface area contributed by atoms with Crippen molar-refractivity contribution >= 4 is 11.6 Å². The number of benzene rings is 2. The van der Waals surface area contributed by atoms with Crippen LogP contribution in [0.2, 0.25) is 0 Å². The van der Waals surface area contributed by atoms with E-state index in [1.165, 1.54) is 11.6 Å². The van der Waals surface area contributed by atoms with Crippen molar-refractivity contribution in [2.45, 2.75) is 19.9 Å². The van der Waals surface area contributed by atoms with Gasteiger partial charge in [-0.3, -0.25) is 19.8 Å². The van der Waals surface area contributed by atoms with Gasteiger partial charge in [0.15, 0.2) is 0 Å². The Labute approximate surface area is 153 Å². The Morgan fingerprint density at radius 3 is 2.58 bits per heavy atom. The number of nitrogens with zero attached hydrogens (tertiary/aromatic N) is 3. The fourth-order valence-corrected chi connectivity index (χ4v) is 3.30. The van der Waals surface area contributed by atoms with E-state index in [0.717, 1.165) is 26.1 Å². The van der Waals surface area contributed by atoms with Crippen molar-refractivity contribution in [2.75, 3.05) is 26.2 Å². The summed E-state index contributed by atoms with van der Waals surface area (Å²) in [6.07, 6.45) is 0.895. The normalized spacial score (nSPS) is 15.5. The number of nitro benzene ring substituents is 1. The van der Waals surface area contributed by atoms with Crippen LogP contribution >= 0.6 is 0 Å². The predicted octanol–water partition coefficient (Wildman–Crippen LogP) is 3.25. The highest BCUT2D eigenvalue weighted by molar-refractivity contribution is 5.95. The second kappa shape index (κ2) is 8.10. The Morgan fingerprint density at radius 1 is 1.08 bits per heavy atom. The lowest BCUT2D eigenvalue weighted by Gasteiger charge is -2.22. The van der Waals surface area contributed by atoms with Gasteiger partial charge in [0.1, 0.15) is 0 Å². The molecule has 0 unspecified atom stereocenters. The fraction of sp³-hybridized carbons (Fsp3) is 0.350. The van der Waals surface area contributed by atoms with Gasteiger partial charge in [-0.05, 0) is 25.0 Å². The lowest BCUT2D eigenvalue weighted by Crippen LogP contribution is -2.35. The van der Waals surface area contributed by atoms with Crippen LogP contribution in [0.25, 0.3) is 0 Å². The van der Waals surface area contributed by atoms with Crippen molar-refractivity contribution in [3.05, 3.63) is 75.3 Å². The Morgan fingerprint density at radius 2 is 1.85 bits per heavy atom. The molecule has 1 aliphatic rings. The summed E-state index contributed by atoms with van der Waals surface area (Å²) < 4.78 is 0. The summed E-state index contributed by atoms with van der Waals surface area (Å²) in [5, 5.41) is 11.1. The monoisotopic (exact) mass is 353 g/mol. The Hall–Kier alpha value is -2.73. The molecule has 2 aromatic rings. The highest BCUT2D eigenvalue weighted by Crippen LogP contribution is 2.21. The number of amides is 1. The molecule has 1 heterocycles.